The molecule has 7 rings (SSSR count). The molecule has 378 valence electrons. The lowest BCUT2D eigenvalue weighted by atomic mass is 10.1. The molecule has 0 radical (unpaired) electrons. The van der Waals surface area contributed by atoms with E-state index in [0.717, 1.165) is 36.4 Å². The van der Waals surface area contributed by atoms with Gasteiger partial charge in [0.1, 0.15) is 11.5 Å². The summed E-state index contributed by atoms with van der Waals surface area (Å²) >= 11 is 0. The average Bonchev–Trinajstić information content (AvgIpc) is 3.34. The summed E-state index contributed by atoms with van der Waals surface area (Å²) in [6.45, 7) is 1.36. The number of ether oxygens (including phenoxy) is 6. The molecule has 0 aromatic heterocycles. The molecule has 0 heterocycles. The molecule has 7 aromatic rings. The van der Waals surface area contributed by atoms with Crippen molar-refractivity contribution in [2.45, 2.75) is 6.92 Å². The van der Waals surface area contributed by atoms with Crippen molar-refractivity contribution in [3.63, 3.8) is 0 Å². The van der Waals surface area contributed by atoms with Crippen LogP contribution in [0.3, 0.4) is 0 Å². The van der Waals surface area contributed by atoms with E-state index in [2.05, 4.69) is 0 Å². The Hall–Kier alpha value is -11.2. The normalized spacial score (nSPS) is 10.7. The zero-order valence-electron chi connectivity index (χ0n) is 37.0. The molecular weight excluding hydrogens is 989 g/mol. The van der Waals surface area contributed by atoms with Crippen molar-refractivity contribution >= 4 is 35.8 Å². The van der Waals surface area contributed by atoms with Gasteiger partial charge in [-0.2, -0.15) is 0 Å². The number of hydrogen-bond donors (Lipinski definition) is 13. The fraction of sp³-hybridized carbons (Fsp3) is 0.0204. The lowest BCUT2D eigenvalue weighted by Crippen LogP contribution is -2.13. The third-order valence-electron chi connectivity index (χ3n) is 10.0. The van der Waals surface area contributed by atoms with Gasteiger partial charge < -0.3 is 94.8 Å². The minimum atomic E-state index is -1.45. The molecule has 13 N–H and O–H groups in total. The van der Waals surface area contributed by atoms with Crippen molar-refractivity contribution in [3.8, 4) is 109 Å². The van der Waals surface area contributed by atoms with Gasteiger partial charge in [-0.3, -0.25) is 0 Å². The Morgan fingerprint density at radius 2 is 0.514 bits per heavy atom. The van der Waals surface area contributed by atoms with Crippen LogP contribution in [0.5, 0.6) is 109 Å². The molecule has 0 bridgehead atoms. The van der Waals surface area contributed by atoms with E-state index in [1.807, 2.05) is 0 Å². The fourth-order valence-electron chi connectivity index (χ4n) is 6.32. The Morgan fingerprint density at radius 3 is 0.797 bits per heavy atom. The minimum absolute atomic E-state index is 0.0741. The van der Waals surface area contributed by atoms with Crippen LogP contribution in [0.2, 0.25) is 0 Å². The van der Waals surface area contributed by atoms with Gasteiger partial charge in [-0.1, -0.05) is 6.07 Å². The Kier molecular flexibility index (Phi) is 13.7. The van der Waals surface area contributed by atoms with Gasteiger partial charge in [-0.25, -0.2) is 28.8 Å². The molecule has 25 nitrogen and oxygen atoms in total. The molecule has 0 saturated heterocycles. The number of aromatic hydroxyl groups is 13. The summed E-state index contributed by atoms with van der Waals surface area (Å²) in [5, 5.41) is 132. The summed E-state index contributed by atoms with van der Waals surface area (Å²) in [7, 11) is 0. The molecule has 0 aliphatic carbocycles. The molecule has 7 aromatic carbocycles. The van der Waals surface area contributed by atoms with E-state index in [-0.39, 0.29) is 22.6 Å². The van der Waals surface area contributed by atoms with E-state index in [1.165, 1.54) is 25.1 Å². The topological polar surface area (TPSA) is 421 Å². The van der Waals surface area contributed by atoms with Crippen LogP contribution in [0.4, 0.5) is 0 Å². The van der Waals surface area contributed by atoms with Crippen molar-refractivity contribution in [1.82, 2.24) is 0 Å². The van der Waals surface area contributed by atoms with Crippen molar-refractivity contribution in [2.24, 2.45) is 0 Å². The third-order valence-corrected chi connectivity index (χ3v) is 10.0. The molecule has 0 aliphatic rings. The van der Waals surface area contributed by atoms with E-state index in [4.69, 9.17) is 28.4 Å². The van der Waals surface area contributed by atoms with Crippen molar-refractivity contribution in [2.75, 3.05) is 0 Å². The highest BCUT2D eigenvalue weighted by Crippen LogP contribution is 2.43. The lowest BCUT2D eigenvalue weighted by molar-refractivity contribution is 0.0702. The maximum absolute atomic E-state index is 13.3. The highest BCUT2D eigenvalue weighted by molar-refractivity contribution is 5.99. The number of phenols is 13. The van der Waals surface area contributed by atoms with E-state index < -0.39 is 161 Å². The first-order chi connectivity index (χ1) is 34.9. The second-order valence-electron chi connectivity index (χ2n) is 15.2. The van der Waals surface area contributed by atoms with Crippen LogP contribution >= 0.6 is 0 Å². The summed E-state index contributed by atoms with van der Waals surface area (Å²) < 4.78 is 30.9. The van der Waals surface area contributed by atoms with E-state index in [9.17, 15) is 95.2 Å². The number of hydrogen-bond acceptors (Lipinski definition) is 25. The van der Waals surface area contributed by atoms with Gasteiger partial charge >= 0.3 is 35.8 Å². The van der Waals surface area contributed by atoms with Gasteiger partial charge in [0.15, 0.2) is 74.7 Å². The van der Waals surface area contributed by atoms with Gasteiger partial charge in [-0.15, -0.1) is 0 Å². The third kappa shape index (κ3) is 10.6. The first-order valence-electron chi connectivity index (χ1n) is 20.3. The highest BCUT2D eigenvalue weighted by atomic mass is 16.6. The zero-order valence-corrected chi connectivity index (χ0v) is 37.0. The van der Waals surface area contributed by atoms with Gasteiger partial charge in [0.2, 0.25) is 23.0 Å². The molecule has 0 spiro atoms. The van der Waals surface area contributed by atoms with E-state index in [0.29, 0.717) is 42.5 Å². The predicted octanol–water partition coefficient (Wildman–Crippen LogP) is 5.48. The molecule has 0 atom stereocenters. The summed E-state index contributed by atoms with van der Waals surface area (Å²) in [5.41, 5.74) is -3.19. The molecule has 0 fully saturated rings. The summed E-state index contributed by atoms with van der Waals surface area (Å²) in [4.78, 5) is 78.3. The van der Waals surface area contributed by atoms with Crippen LogP contribution in [-0.4, -0.2) is 102 Å². The summed E-state index contributed by atoms with van der Waals surface area (Å²) in [6.07, 6.45) is 0. The van der Waals surface area contributed by atoms with Crippen LogP contribution in [0.15, 0.2) is 97.1 Å². The maximum atomic E-state index is 13.3. The Balaban J connectivity index is 1.03. The van der Waals surface area contributed by atoms with Gasteiger partial charge in [0.05, 0.1) is 33.4 Å². The Bertz CT molecular complexity index is 3250. The molecule has 0 aliphatic heterocycles. The minimum Gasteiger partial charge on any atom is -0.504 e. The Labute approximate surface area is 410 Å². The molecule has 74 heavy (non-hydrogen) atoms. The van der Waals surface area contributed by atoms with Crippen molar-refractivity contribution < 1.29 is 124 Å². The summed E-state index contributed by atoms with van der Waals surface area (Å²) in [6, 6.07) is 13.6. The number of rotatable bonds is 12. The number of phenolic OH excluding ortho intramolecular Hbond substituents is 13. The molecular formula is C49H32O25. The average molecular weight is 1020 g/mol. The highest BCUT2D eigenvalue weighted by Gasteiger charge is 2.27. The van der Waals surface area contributed by atoms with Crippen molar-refractivity contribution in [3.05, 3.63) is 136 Å². The predicted molar refractivity (Wildman–Crippen MR) is 241 cm³/mol. The first kappa shape index (κ1) is 50.6. The molecule has 0 amide bonds. The SMILES string of the molecule is Cc1cc(C(=O)Oc2cc(C(=O)Oc3cc(C(=O)Oc4cccc(OC(=O)c5cc(O)c(O)c(OC(=O)c6cc(O)c(O)c(OC(=O)c7cc(O)c(O)c(O)c7)c6)c5)c4)cc(O)c3O)cc(O)c2O)cc(O)c1O. The van der Waals surface area contributed by atoms with Gasteiger partial charge in [0.25, 0.3) is 0 Å². The van der Waals surface area contributed by atoms with Gasteiger partial charge in [-0.05, 0) is 97.4 Å². The van der Waals surface area contributed by atoms with Crippen LogP contribution in [0.25, 0.3) is 0 Å². The van der Waals surface area contributed by atoms with Crippen LogP contribution < -0.4 is 28.4 Å². The molecule has 0 unspecified atom stereocenters. The van der Waals surface area contributed by atoms with Crippen LogP contribution in [-0.2, 0) is 0 Å². The first-order valence-corrected chi connectivity index (χ1v) is 20.3. The molecule has 0 saturated carbocycles. The number of esters is 6. The van der Waals surface area contributed by atoms with E-state index in [1.54, 1.807) is 0 Å². The number of aryl methyl sites for hydroxylation is 1. The summed E-state index contributed by atoms with van der Waals surface area (Å²) in [5.74, 6) is -24.3. The monoisotopic (exact) mass is 1020 g/mol. The standard InChI is InChI=1S/C49H32O25/c1-18-5-19(6-27(50)38(18)57)46(65)71-36-15-23(11-32(55)42(36)61)48(67)73-34-13-21(9-30(53)40(34)59)44(63)69-25-3-2-4-26(17-25)70-45(64)22-10-31(54)41(60)35(14-22)74-49(68)24-12-33(56)43(62)37(16-24)72-47(66)20-7-28(51)39(58)29(52)8-20/h2-17,50-62H,1H3. The van der Waals surface area contributed by atoms with Crippen molar-refractivity contribution in [1.29, 1.82) is 0 Å². The number of carbonyl (C=O) groups excluding carboxylic acids is 6. The molecule has 25 heteroatoms. The van der Waals surface area contributed by atoms with Crippen LogP contribution in [0, 0.1) is 6.92 Å². The second kappa shape index (κ2) is 20.0. The lowest BCUT2D eigenvalue weighted by Gasteiger charge is -2.13. The maximum Gasteiger partial charge on any atom is 0.343 e. The van der Waals surface area contributed by atoms with E-state index >= 15 is 0 Å². The van der Waals surface area contributed by atoms with Gasteiger partial charge in [0, 0.05) is 6.07 Å². The second-order valence-corrected chi connectivity index (χ2v) is 15.2. The van der Waals surface area contributed by atoms with Crippen LogP contribution in [0.1, 0.15) is 67.7 Å². The number of benzene rings is 7. The fourth-order valence-corrected chi connectivity index (χ4v) is 6.32. The quantitative estimate of drug-likeness (QED) is 0.0409. The largest absolute Gasteiger partial charge is 0.504 e. The zero-order chi connectivity index (χ0) is 54.0. The Morgan fingerprint density at radius 1 is 0.284 bits per heavy atom. The smallest absolute Gasteiger partial charge is 0.343 e. The number of carbonyl (C=O) groups is 6.